The van der Waals surface area contributed by atoms with Crippen molar-refractivity contribution in [2.75, 3.05) is 5.73 Å². The van der Waals surface area contributed by atoms with E-state index in [1.807, 2.05) is 0 Å². The van der Waals surface area contributed by atoms with Gasteiger partial charge in [-0.15, -0.1) is 10.2 Å². The van der Waals surface area contributed by atoms with Gasteiger partial charge in [0.05, 0.1) is 11.8 Å². The van der Waals surface area contributed by atoms with Gasteiger partial charge < -0.3 is 5.73 Å². The summed E-state index contributed by atoms with van der Waals surface area (Å²) >= 11 is 0. The normalized spacial score (nSPS) is 10.1. The van der Waals surface area contributed by atoms with Gasteiger partial charge in [0.1, 0.15) is 5.82 Å². The van der Waals surface area contributed by atoms with Crippen LogP contribution in [-0.2, 0) is 0 Å². The highest BCUT2D eigenvalue weighted by molar-refractivity contribution is 5.55. The van der Waals surface area contributed by atoms with Crippen LogP contribution in [0.3, 0.4) is 0 Å². The number of hydrogen-bond acceptors (Lipinski definition) is 4. The molecule has 0 bridgehead atoms. The number of benzene rings is 1. The molecule has 0 aliphatic carbocycles. The van der Waals surface area contributed by atoms with E-state index in [0.29, 0.717) is 5.56 Å². The minimum Gasteiger partial charge on any atom is -0.381 e. The third-order valence-electron chi connectivity index (χ3n) is 1.69. The van der Waals surface area contributed by atoms with Gasteiger partial charge in [-0.05, 0) is 12.1 Å². The molecule has 0 atom stereocenters. The molecule has 0 aliphatic heterocycles. The lowest BCUT2D eigenvalue weighted by atomic mass is 10.2. The van der Waals surface area contributed by atoms with Gasteiger partial charge in [0, 0.05) is 0 Å². The Balaban J connectivity index is 2.50. The zero-order valence-electron chi connectivity index (χ0n) is 7.18. The lowest BCUT2D eigenvalue weighted by Gasteiger charge is -1.99. The summed E-state index contributed by atoms with van der Waals surface area (Å²) in [6.07, 6.45) is 1.34. The van der Waals surface area contributed by atoms with Gasteiger partial charge in [0.2, 0.25) is 0 Å². The Kier molecular flexibility index (Phi) is 2.06. The fourth-order valence-corrected chi connectivity index (χ4v) is 1.05. The molecule has 0 aliphatic rings. The summed E-state index contributed by atoms with van der Waals surface area (Å²) < 4.78 is 13.2. The average Bonchev–Trinajstić information content (AvgIpc) is 2.20. The molecule has 0 saturated heterocycles. The van der Waals surface area contributed by atoms with Crippen molar-refractivity contribution in [3.8, 4) is 11.4 Å². The number of nitrogens with zero attached hydrogens (tertiary/aromatic N) is 3. The monoisotopic (exact) mass is 190 g/mol. The Hall–Kier alpha value is -2.04. The molecular weight excluding hydrogens is 183 g/mol. The van der Waals surface area contributed by atoms with Crippen LogP contribution >= 0.6 is 0 Å². The highest BCUT2D eigenvalue weighted by atomic mass is 19.1. The molecule has 0 radical (unpaired) electrons. The lowest BCUT2D eigenvalue weighted by molar-refractivity contribution is 0.629. The molecule has 2 N–H and O–H groups in total. The first kappa shape index (κ1) is 8.55. The molecule has 1 heterocycles. The van der Waals surface area contributed by atoms with E-state index in [1.54, 1.807) is 18.2 Å². The topological polar surface area (TPSA) is 64.7 Å². The zero-order valence-corrected chi connectivity index (χ0v) is 7.18. The smallest absolute Gasteiger partial charge is 0.184 e. The first-order valence-electron chi connectivity index (χ1n) is 3.97. The molecule has 0 fully saturated rings. The largest absolute Gasteiger partial charge is 0.381 e. The van der Waals surface area contributed by atoms with Crippen LogP contribution in [0.4, 0.5) is 10.2 Å². The molecule has 4 nitrogen and oxygen atoms in total. The van der Waals surface area contributed by atoms with Crippen LogP contribution in [0.5, 0.6) is 0 Å². The second-order valence-corrected chi connectivity index (χ2v) is 2.69. The summed E-state index contributed by atoms with van der Waals surface area (Å²) in [5.74, 6) is 0.0708. The van der Waals surface area contributed by atoms with E-state index in [1.165, 1.54) is 12.3 Å². The van der Waals surface area contributed by atoms with E-state index >= 15 is 0 Å². The molecule has 2 rings (SSSR count). The molecule has 0 saturated carbocycles. The van der Waals surface area contributed by atoms with E-state index in [9.17, 15) is 4.39 Å². The van der Waals surface area contributed by atoms with Gasteiger partial charge in [-0.2, -0.15) is 0 Å². The SMILES string of the molecule is Nc1cnc(-c2ccccc2F)nn1. The number of anilines is 1. The van der Waals surface area contributed by atoms with Crippen LogP contribution in [0.1, 0.15) is 0 Å². The first-order chi connectivity index (χ1) is 6.77. The van der Waals surface area contributed by atoms with Crippen molar-refractivity contribution in [2.45, 2.75) is 0 Å². The molecule has 1 aromatic heterocycles. The predicted molar refractivity (Wildman–Crippen MR) is 49.6 cm³/mol. The van der Waals surface area contributed by atoms with Gasteiger partial charge in [-0.25, -0.2) is 9.37 Å². The Morgan fingerprint density at radius 2 is 1.93 bits per heavy atom. The third-order valence-corrected chi connectivity index (χ3v) is 1.69. The quantitative estimate of drug-likeness (QED) is 0.735. The minimum absolute atomic E-state index is 0.213. The van der Waals surface area contributed by atoms with E-state index in [-0.39, 0.29) is 17.5 Å². The molecule has 14 heavy (non-hydrogen) atoms. The highest BCUT2D eigenvalue weighted by Crippen LogP contribution is 2.17. The first-order valence-corrected chi connectivity index (χ1v) is 3.97. The van der Waals surface area contributed by atoms with Crippen molar-refractivity contribution in [3.63, 3.8) is 0 Å². The number of halogens is 1. The lowest BCUT2D eigenvalue weighted by Crippen LogP contribution is -1.98. The number of aromatic nitrogens is 3. The summed E-state index contributed by atoms with van der Waals surface area (Å²) in [7, 11) is 0. The van der Waals surface area contributed by atoms with Gasteiger partial charge in [-0.1, -0.05) is 12.1 Å². The fraction of sp³-hybridized carbons (Fsp3) is 0. The van der Waals surface area contributed by atoms with Gasteiger partial charge in [0.15, 0.2) is 11.6 Å². The molecule has 0 amide bonds. The predicted octanol–water partition coefficient (Wildman–Crippen LogP) is 1.26. The van der Waals surface area contributed by atoms with Crippen LogP contribution in [0.25, 0.3) is 11.4 Å². The van der Waals surface area contributed by atoms with Crippen molar-refractivity contribution in [2.24, 2.45) is 0 Å². The van der Waals surface area contributed by atoms with E-state index in [4.69, 9.17) is 5.73 Å². The van der Waals surface area contributed by atoms with Crippen LogP contribution in [0.2, 0.25) is 0 Å². The van der Waals surface area contributed by atoms with Crippen molar-refractivity contribution >= 4 is 5.82 Å². The Bertz CT molecular complexity index is 441. The molecule has 5 heteroatoms. The molecule has 0 unspecified atom stereocenters. The van der Waals surface area contributed by atoms with Crippen LogP contribution in [-0.4, -0.2) is 15.2 Å². The summed E-state index contributed by atoms with van der Waals surface area (Å²) in [6, 6.07) is 6.24. The minimum atomic E-state index is -0.376. The van der Waals surface area contributed by atoms with E-state index in [0.717, 1.165) is 0 Å². The Morgan fingerprint density at radius 1 is 1.14 bits per heavy atom. The van der Waals surface area contributed by atoms with Crippen LogP contribution < -0.4 is 5.73 Å². The summed E-state index contributed by atoms with van der Waals surface area (Å²) in [5, 5.41) is 7.28. The van der Waals surface area contributed by atoms with Gasteiger partial charge in [0.25, 0.3) is 0 Å². The third kappa shape index (κ3) is 1.52. The number of hydrogen-bond donors (Lipinski definition) is 1. The molecular formula is C9H7FN4. The zero-order chi connectivity index (χ0) is 9.97. The standard InChI is InChI=1S/C9H7FN4/c10-7-4-2-1-3-6(7)9-12-5-8(11)13-14-9/h1-5H,(H2,11,13). The van der Waals surface area contributed by atoms with Crippen LogP contribution in [0.15, 0.2) is 30.5 Å². The summed E-state index contributed by atoms with van der Waals surface area (Å²) in [6.45, 7) is 0. The number of rotatable bonds is 1. The molecule has 2 aromatic rings. The van der Waals surface area contributed by atoms with Crippen molar-refractivity contribution < 1.29 is 4.39 Å². The maximum Gasteiger partial charge on any atom is 0.184 e. The maximum atomic E-state index is 13.2. The van der Waals surface area contributed by atoms with Crippen molar-refractivity contribution in [1.29, 1.82) is 0 Å². The Labute approximate surface area is 79.6 Å². The second-order valence-electron chi connectivity index (χ2n) is 2.69. The van der Waals surface area contributed by atoms with E-state index < -0.39 is 0 Å². The fourth-order valence-electron chi connectivity index (χ4n) is 1.05. The molecule has 1 aromatic carbocycles. The van der Waals surface area contributed by atoms with E-state index in [2.05, 4.69) is 15.2 Å². The van der Waals surface area contributed by atoms with Gasteiger partial charge in [-0.3, -0.25) is 0 Å². The average molecular weight is 190 g/mol. The summed E-state index contributed by atoms with van der Waals surface area (Å²) in [4.78, 5) is 3.87. The highest BCUT2D eigenvalue weighted by Gasteiger charge is 2.06. The number of nitrogens with two attached hydrogens (primary N) is 1. The maximum absolute atomic E-state index is 13.2. The van der Waals surface area contributed by atoms with Crippen molar-refractivity contribution in [3.05, 3.63) is 36.3 Å². The summed E-state index contributed by atoms with van der Waals surface area (Å²) in [5.41, 5.74) is 5.63. The van der Waals surface area contributed by atoms with Crippen LogP contribution in [0, 0.1) is 5.82 Å². The molecule has 0 spiro atoms. The van der Waals surface area contributed by atoms with Crippen molar-refractivity contribution in [1.82, 2.24) is 15.2 Å². The molecule has 70 valence electrons. The number of nitrogen functional groups attached to an aromatic ring is 1. The van der Waals surface area contributed by atoms with Gasteiger partial charge >= 0.3 is 0 Å². The Morgan fingerprint density at radius 3 is 2.57 bits per heavy atom. The second kappa shape index (κ2) is 3.37.